The maximum atomic E-state index is 8.72. The molecular weight excluding hydrogens is 244 g/mol. The van der Waals surface area contributed by atoms with Gasteiger partial charge < -0.3 is 15.7 Å². The van der Waals surface area contributed by atoms with Gasteiger partial charge in [-0.05, 0) is 38.4 Å². The Labute approximate surface area is 115 Å². The Hall–Kier alpha value is -0.970. The highest BCUT2D eigenvalue weighted by molar-refractivity contribution is 7.80. The van der Waals surface area contributed by atoms with Gasteiger partial charge in [-0.3, -0.25) is 0 Å². The van der Waals surface area contributed by atoms with E-state index in [4.69, 9.17) is 23.1 Å². The molecule has 0 aromatic heterocycles. The SMILES string of the molecule is CN(CCCCCO)Cc1ccccc1C(N)=S. The third-order valence-corrected chi connectivity index (χ3v) is 3.14. The van der Waals surface area contributed by atoms with Crippen LogP contribution in [0.4, 0.5) is 0 Å². The van der Waals surface area contributed by atoms with E-state index in [1.165, 1.54) is 5.56 Å². The normalized spacial score (nSPS) is 10.8. The van der Waals surface area contributed by atoms with E-state index in [1.54, 1.807) is 0 Å². The second kappa shape index (κ2) is 8.19. The molecule has 1 aromatic rings. The van der Waals surface area contributed by atoms with Gasteiger partial charge in [0.1, 0.15) is 4.99 Å². The van der Waals surface area contributed by atoms with Crippen LogP contribution in [0, 0.1) is 0 Å². The molecule has 0 unspecified atom stereocenters. The van der Waals surface area contributed by atoms with Crippen LogP contribution >= 0.6 is 12.2 Å². The summed E-state index contributed by atoms with van der Waals surface area (Å²) in [7, 11) is 2.09. The summed E-state index contributed by atoms with van der Waals surface area (Å²) in [5, 5.41) is 8.72. The topological polar surface area (TPSA) is 49.5 Å². The lowest BCUT2D eigenvalue weighted by molar-refractivity contribution is 0.271. The van der Waals surface area contributed by atoms with Crippen molar-refractivity contribution in [2.75, 3.05) is 20.2 Å². The summed E-state index contributed by atoms with van der Waals surface area (Å²) in [6, 6.07) is 8.01. The third kappa shape index (κ3) is 5.12. The van der Waals surface area contributed by atoms with Crippen LogP contribution in [0.1, 0.15) is 30.4 Å². The molecule has 0 fully saturated rings. The van der Waals surface area contributed by atoms with E-state index >= 15 is 0 Å². The minimum Gasteiger partial charge on any atom is -0.396 e. The number of thiocarbonyl (C=S) groups is 1. The Morgan fingerprint density at radius 3 is 2.67 bits per heavy atom. The minimum absolute atomic E-state index is 0.286. The van der Waals surface area contributed by atoms with Crippen molar-refractivity contribution in [3.8, 4) is 0 Å². The molecule has 0 radical (unpaired) electrons. The molecule has 0 aliphatic carbocycles. The fraction of sp³-hybridized carbons (Fsp3) is 0.500. The monoisotopic (exact) mass is 266 g/mol. The zero-order chi connectivity index (χ0) is 13.4. The van der Waals surface area contributed by atoms with Crippen LogP contribution in [0.25, 0.3) is 0 Å². The molecular formula is C14H22N2OS. The maximum Gasteiger partial charge on any atom is 0.104 e. The molecule has 3 nitrogen and oxygen atoms in total. The molecule has 18 heavy (non-hydrogen) atoms. The summed E-state index contributed by atoms with van der Waals surface area (Å²) >= 11 is 5.06. The number of nitrogens with two attached hydrogens (primary N) is 1. The van der Waals surface area contributed by atoms with Crippen molar-refractivity contribution >= 4 is 17.2 Å². The van der Waals surface area contributed by atoms with Gasteiger partial charge in [0.25, 0.3) is 0 Å². The van der Waals surface area contributed by atoms with Crippen LogP contribution < -0.4 is 5.73 Å². The highest BCUT2D eigenvalue weighted by Gasteiger charge is 2.06. The zero-order valence-corrected chi connectivity index (χ0v) is 11.7. The van der Waals surface area contributed by atoms with Crippen molar-refractivity contribution in [3.63, 3.8) is 0 Å². The third-order valence-electron chi connectivity index (χ3n) is 2.92. The molecule has 0 atom stereocenters. The zero-order valence-electron chi connectivity index (χ0n) is 10.9. The van der Waals surface area contributed by atoms with Crippen molar-refractivity contribution in [1.82, 2.24) is 4.90 Å². The van der Waals surface area contributed by atoms with Crippen LogP contribution in [0.5, 0.6) is 0 Å². The van der Waals surface area contributed by atoms with Gasteiger partial charge in [-0.15, -0.1) is 0 Å². The Morgan fingerprint density at radius 2 is 2.00 bits per heavy atom. The van der Waals surface area contributed by atoms with Crippen molar-refractivity contribution in [3.05, 3.63) is 35.4 Å². The molecule has 0 bridgehead atoms. The molecule has 0 amide bonds. The first kappa shape index (κ1) is 15.1. The van der Waals surface area contributed by atoms with E-state index in [9.17, 15) is 0 Å². The number of hydrogen-bond donors (Lipinski definition) is 2. The van der Waals surface area contributed by atoms with E-state index in [0.717, 1.165) is 37.9 Å². The first-order valence-electron chi connectivity index (χ1n) is 6.32. The summed E-state index contributed by atoms with van der Waals surface area (Å²) in [5.41, 5.74) is 7.86. The first-order chi connectivity index (χ1) is 8.65. The van der Waals surface area contributed by atoms with E-state index in [2.05, 4.69) is 18.0 Å². The number of hydrogen-bond acceptors (Lipinski definition) is 3. The smallest absolute Gasteiger partial charge is 0.104 e. The van der Waals surface area contributed by atoms with Gasteiger partial charge in [0.05, 0.1) is 0 Å². The summed E-state index contributed by atoms with van der Waals surface area (Å²) in [5.74, 6) is 0. The van der Waals surface area contributed by atoms with E-state index < -0.39 is 0 Å². The standard InChI is InChI=1S/C14H22N2OS/c1-16(9-5-2-6-10-17)11-12-7-3-4-8-13(12)14(15)18/h3-4,7-8,17H,2,5-6,9-11H2,1H3,(H2,15,18). The fourth-order valence-corrected chi connectivity index (χ4v) is 2.14. The summed E-state index contributed by atoms with van der Waals surface area (Å²) in [6.07, 6.45) is 3.06. The second-order valence-electron chi connectivity index (χ2n) is 4.54. The summed E-state index contributed by atoms with van der Waals surface area (Å²) in [4.78, 5) is 2.72. The lowest BCUT2D eigenvalue weighted by atomic mass is 10.1. The van der Waals surface area contributed by atoms with E-state index in [0.29, 0.717) is 4.99 Å². The average molecular weight is 266 g/mol. The number of rotatable bonds is 8. The lowest BCUT2D eigenvalue weighted by Crippen LogP contribution is -2.22. The van der Waals surface area contributed by atoms with Crippen LogP contribution in [-0.2, 0) is 6.54 Å². The number of nitrogens with zero attached hydrogens (tertiary/aromatic N) is 1. The first-order valence-corrected chi connectivity index (χ1v) is 6.73. The van der Waals surface area contributed by atoms with Gasteiger partial charge in [0, 0.05) is 18.7 Å². The maximum absolute atomic E-state index is 8.72. The Bertz CT molecular complexity index is 382. The quantitative estimate of drug-likeness (QED) is 0.557. The fourth-order valence-electron chi connectivity index (χ4n) is 1.94. The predicted octanol–water partition coefficient (Wildman–Crippen LogP) is 1.92. The Balaban J connectivity index is 2.48. The van der Waals surface area contributed by atoms with Crippen LogP contribution in [0.3, 0.4) is 0 Å². The summed E-state index contributed by atoms with van der Waals surface area (Å²) in [6.45, 7) is 2.16. The van der Waals surface area contributed by atoms with Gasteiger partial charge in [0.15, 0.2) is 0 Å². The Kier molecular flexibility index (Phi) is 6.86. The highest BCUT2D eigenvalue weighted by Crippen LogP contribution is 2.11. The van der Waals surface area contributed by atoms with Crippen molar-refractivity contribution in [1.29, 1.82) is 0 Å². The van der Waals surface area contributed by atoms with E-state index in [-0.39, 0.29) is 6.61 Å². The molecule has 0 saturated heterocycles. The molecule has 1 rings (SSSR count). The highest BCUT2D eigenvalue weighted by atomic mass is 32.1. The molecule has 3 N–H and O–H groups in total. The molecule has 100 valence electrons. The van der Waals surface area contributed by atoms with Gasteiger partial charge in [-0.25, -0.2) is 0 Å². The summed E-state index contributed by atoms with van der Waals surface area (Å²) < 4.78 is 0. The molecule has 0 aliphatic heterocycles. The molecule has 0 saturated carbocycles. The van der Waals surface area contributed by atoms with Crippen LogP contribution in [0.2, 0.25) is 0 Å². The van der Waals surface area contributed by atoms with Crippen molar-refractivity contribution < 1.29 is 5.11 Å². The van der Waals surface area contributed by atoms with Gasteiger partial charge in [0.2, 0.25) is 0 Å². The number of aliphatic hydroxyl groups is 1. The van der Waals surface area contributed by atoms with Crippen LogP contribution in [0.15, 0.2) is 24.3 Å². The van der Waals surface area contributed by atoms with Crippen LogP contribution in [-0.4, -0.2) is 35.2 Å². The molecule has 0 aliphatic rings. The average Bonchev–Trinajstić information content (AvgIpc) is 2.35. The second-order valence-corrected chi connectivity index (χ2v) is 4.98. The van der Waals surface area contributed by atoms with Gasteiger partial charge in [-0.1, -0.05) is 36.5 Å². The van der Waals surface area contributed by atoms with Crippen molar-refractivity contribution in [2.45, 2.75) is 25.8 Å². The van der Waals surface area contributed by atoms with E-state index in [1.807, 2.05) is 18.2 Å². The number of unbranched alkanes of at least 4 members (excludes halogenated alkanes) is 2. The predicted molar refractivity (Wildman–Crippen MR) is 79.6 cm³/mol. The lowest BCUT2D eigenvalue weighted by Gasteiger charge is -2.18. The molecule has 1 aromatic carbocycles. The largest absolute Gasteiger partial charge is 0.396 e. The van der Waals surface area contributed by atoms with Gasteiger partial charge >= 0.3 is 0 Å². The molecule has 0 heterocycles. The molecule has 4 heteroatoms. The number of aliphatic hydroxyl groups excluding tert-OH is 1. The number of benzene rings is 1. The Morgan fingerprint density at radius 1 is 1.28 bits per heavy atom. The minimum atomic E-state index is 0.286. The van der Waals surface area contributed by atoms with Gasteiger partial charge in [-0.2, -0.15) is 0 Å². The van der Waals surface area contributed by atoms with Crippen molar-refractivity contribution in [2.24, 2.45) is 5.73 Å². The molecule has 0 spiro atoms.